The van der Waals surface area contributed by atoms with Gasteiger partial charge in [0.2, 0.25) is 5.95 Å². The van der Waals surface area contributed by atoms with Gasteiger partial charge in [0.1, 0.15) is 11.2 Å². The third kappa shape index (κ3) is 8.16. The highest BCUT2D eigenvalue weighted by atomic mass is 35.5. The molecule has 0 aliphatic heterocycles. The monoisotopic (exact) mass is 558 g/mol. The van der Waals surface area contributed by atoms with Gasteiger partial charge < -0.3 is 14.8 Å². The molecule has 3 amide bonds. The lowest BCUT2D eigenvalue weighted by atomic mass is 10.1. The fourth-order valence-electron chi connectivity index (χ4n) is 3.08. The second-order valence-electron chi connectivity index (χ2n) is 10.2. The van der Waals surface area contributed by atoms with Crippen molar-refractivity contribution < 1.29 is 23.9 Å². The number of nitrogens with one attached hydrogen (secondary N) is 1. The molecule has 0 fully saturated rings. The van der Waals surface area contributed by atoms with E-state index in [9.17, 15) is 14.4 Å². The molecule has 11 heteroatoms. The van der Waals surface area contributed by atoms with Gasteiger partial charge in [-0.3, -0.25) is 4.79 Å². The van der Waals surface area contributed by atoms with Crippen LogP contribution >= 0.6 is 23.2 Å². The van der Waals surface area contributed by atoms with Gasteiger partial charge in [0.25, 0.3) is 5.91 Å². The standard InChI is InChI=1S/C27H28Cl2N4O5/c1-26(2,3)37-24(35)33(25(36)38-27(4,5)6)23-30-12-11-21(32-23)16-7-9-20(10-8-16)31-22(34)17-13-18(28)15-19(29)14-17/h7-15H,1-6H3,(H,31,34). The predicted molar refractivity (Wildman–Crippen MR) is 147 cm³/mol. The van der Waals surface area contributed by atoms with E-state index in [4.69, 9.17) is 32.7 Å². The summed E-state index contributed by atoms with van der Waals surface area (Å²) in [7, 11) is 0. The molecule has 0 saturated carbocycles. The molecule has 0 bridgehead atoms. The van der Waals surface area contributed by atoms with E-state index in [-0.39, 0.29) is 11.9 Å². The summed E-state index contributed by atoms with van der Waals surface area (Å²) in [4.78, 5) is 47.6. The highest BCUT2D eigenvalue weighted by molar-refractivity contribution is 6.35. The molecule has 0 spiro atoms. The zero-order valence-corrected chi connectivity index (χ0v) is 23.3. The number of carbonyl (C=O) groups excluding carboxylic acids is 3. The van der Waals surface area contributed by atoms with Crippen molar-refractivity contribution in [2.75, 3.05) is 10.2 Å². The van der Waals surface area contributed by atoms with E-state index >= 15 is 0 Å². The van der Waals surface area contributed by atoms with E-state index in [0.29, 0.717) is 37.5 Å². The van der Waals surface area contributed by atoms with Crippen LogP contribution in [0.3, 0.4) is 0 Å². The summed E-state index contributed by atoms with van der Waals surface area (Å²) in [5, 5.41) is 3.48. The molecule has 3 aromatic rings. The number of anilines is 2. The average molecular weight is 559 g/mol. The van der Waals surface area contributed by atoms with Crippen LogP contribution in [0.25, 0.3) is 11.3 Å². The van der Waals surface area contributed by atoms with Gasteiger partial charge in [-0.25, -0.2) is 19.6 Å². The number of ether oxygens (including phenoxy) is 2. The minimum Gasteiger partial charge on any atom is -0.443 e. The summed E-state index contributed by atoms with van der Waals surface area (Å²) in [5.41, 5.74) is 0.166. The van der Waals surface area contributed by atoms with E-state index in [1.54, 1.807) is 71.9 Å². The fourth-order valence-corrected chi connectivity index (χ4v) is 3.61. The molecule has 0 aliphatic rings. The van der Waals surface area contributed by atoms with Crippen molar-refractivity contribution in [3.63, 3.8) is 0 Å². The molecule has 0 radical (unpaired) electrons. The number of amides is 3. The molecule has 3 rings (SSSR count). The number of aromatic nitrogens is 2. The molecule has 0 saturated heterocycles. The second kappa shape index (κ2) is 11.4. The SMILES string of the molecule is CC(C)(C)OC(=O)N(C(=O)OC(C)(C)C)c1nccc(-c2ccc(NC(=O)c3cc(Cl)cc(Cl)c3)cc2)n1. The van der Waals surface area contributed by atoms with Gasteiger partial charge in [-0.1, -0.05) is 35.3 Å². The molecule has 0 atom stereocenters. The first kappa shape index (κ1) is 28.9. The van der Waals surface area contributed by atoms with Crippen molar-refractivity contribution in [2.24, 2.45) is 0 Å². The minimum atomic E-state index is -0.969. The molecule has 1 N–H and O–H groups in total. The molecule has 0 aliphatic carbocycles. The maximum absolute atomic E-state index is 12.9. The lowest BCUT2D eigenvalue weighted by Crippen LogP contribution is -2.44. The van der Waals surface area contributed by atoms with Crippen molar-refractivity contribution >= 4 is 52.9 Å². The number of halogens is 2. The van der Waals surface area contributed by atoms with Gasteiger partial charge in [-0.05, 0) is 77.9 Å². The Balaban J connectivity index is 1.86. The number of hydrogen-bond acceptors (Lipinski definition) is 7. The van der Waals surface area contributed by atoms with Gasteiger partial charge >= 0.3 is 12.2 Å². The zero-order valence-electron chi connectivity index (χ0n) is 21.8. The first-order chi connectivity index (χ1) is 17.6. The summed E-state index contributed by atoms with van der Waals surface area (Å²) in [6, 6.07) is 13.0. The van der Waals surface area contributed by atoms with Gasteiger partial charge in [-0.2, -0.15) is 0 Å². The number of benzene rings is 2. The van der Waals surface area contributed by atoms with E-state index in [1.165, 1.54) is 24.4 Å². The fraction of sp³-hybridized carbons (Fsp3) is 0.296. The van der Waals surface area contributed by atoms with Gasteiger partial charge in [-0.15, -0.1) is 4.90 Å². The molecule has 9 nitrogen and oxygen atoms in total. The Morgan fingerprint density at radius 2 is 1.34 bits per heavy atom. The van der Waals surface area contributed by atoms with Crippen LogP contribution in [0.4, 0.5) is 21.2 Å². The molecule has 38 heavy (non-hydrogen) atoms. The lowest BCUT2D eigenvalue weighted by molar-refractivity contribution is 0.0427. The number of rotatable bonds is 4. The van der Waals surface area contributed by atoms with Crippen molar-refractivity contribution in [1.82, 2.24) is 9.97 Å². The van der Waals surface area contributed by atoms with Gasteiger partial charge in [0, 0.05) is 33.1 Å². The maximum atomic E-state index is 12.9. The average Bonchev–Trinajstić information content (AvgIpc) is 2.77. The quantitative estimate of drug-likeness (QED) is 0.355. The topological polar surface area (TPSA) is 111 Å². The highest BCUT2D eigenvalue weighted by Gasteiger charge is 2.34. The summed E-state index contributed by atoms with van der Waals surface area (Å²) < 4.78 is 10.8. The van der Waals surface area contributed by atoms with Crippen LogP contribution in [0, 0.1) is 0 Å². The normalized spacial score (nSPS) is 11.5. The molecule has 2 aromatic carbocycles. The Morgan fingerprint density at radius 1 is 0.816 bits per heavy atom. The van der Waals surface area contributed by atoms with E-state index in [1.807, 2.05) is 0 Å². The maximum Gasteiger partial charge on any atom is 0.427 e. The Morgan fingerprint density at radius 3 is 1.84 bits per heavy atom. The second-order valence-corrected chi connectivity index (χ2v) is 11.1. The van der Waals surface area contributed by atoms with Crippen LogP contribution < -0.4 is 10.2 Å². The van der Waals surface area contributed by atoms with Gasteiger partial charge in [0.05, 0.1) is 5.69 Å². The van der Waals surface area contributed by atoms with Crippen molar-refractivity contribution in [1.29, 1.82) is 0 Å². The lowest BCUT2D eigenvalue weighted by Gasteiger charge is -2.27. The molecule has 200 valence electrons. The van der Waals surface area contributed by atoms with Crippen LogP contribution in [0.5, 0.6) is 0 Å². The van der Waals surface area contributed by atoms with Crippen molar-refractivity contribution in [3.8, 4) is 11.3 Å². The Labute approximate surface area is 231 Å². The summed E-state index contributed by atoms with van der Waals surface area (Å²) in [5.74, 6) is -0.585. The largest absolute Gasteiger partial charge is 0.443 e. The molecule has 1 heterocycles. The Hall–Kier alpha value is -3.69. The minimum absolute atomic E-state index is 0.207. The molecular weight excluding hydrogens is 531 g/mol. The van der Waals surface area contributed by atoms with E-state index in [2.05, 4.69) is 15.3 Å². The van der Waals surface area contributed by atoms with Crippen LogP contribution in [-0.4, -0.2) is 39.3 Å². The van der Waals surface area contributed by atoms with E-state index in [0.717, 1.165) is 0 Å². The summed E-state index contributed by atoms with van der Waals surface area (Å²) in [6.45, 7) is 10.1. The Bertz CT molecular complexity index is 1300. The molecule has 0 unspecified atom stereocenters. The number of hydrogen-bond donors (Lipinski definition) is 1. The number of imide groups is 1. The Kier molecular flexibility index (Phi) is 8.64. The van der Waals surface area contributed by atoms with Crippen LogP contribution in [0.1, 0.15) is 51.9 Å². The highest BCUT2D eigenvalue weighted by Crippen LogP contribution is 2.25. The summed E-state index contributed by atoms with van der Waals surface area (Å²) in [6.07, 6.45) is -0.524. The van der Waals surface area contributed by atoms with Gasteiger partial charge in [0.15, 0.2) is 0 Å². The number of nitrogens with zero attached hydrogens (tertiary/aromatic N) is 3. The van der Waals surface area contributed by atoms with Crippen LogP contribution in [0.15, 0.2) is 54.7 Å². The zero-order chi connectivity index (χ0) is 28.3. The first-order valence-corrected chi connectivity index (χ1v) is 12.3. The molecular formula is C27H28Cl2N4O5. The van der Waals surface area contributed by atoms with Crippen LogP contribution in [-0.2, 0) is 9.47 Å². The molecule has 1 aromatic heterocycles. The third-order valence-corrected chi connectivity index (χ3v) is 4.99. The van der Waals surface area contributed by atoms with Crippen molar-refractivity contribution in [2.45, 2.75) is 52.7 Å². The van der Waals surface area contributed by atoms with Crippen molar-refractivity contribution in [3.05, 3.63) is 70.3 Å². The van der Waals surface area contributed by atoms with Crippen LogP contribution in [0.2, 0.25) is 10.0 Å². The number of carbonyl (C=O) groups is 3. The predicted octanol–water partition coefficient (Wildman–Crippen LogP) is 7.38. The smallest absolute Gasteiger partial charge is 0.427 e. The third-order valence-electron chi connectivity index (χ3n) is 4.56. The summed E-state index contributed by atoms with van der Waals surface area (Å²) >= 11 is 12.0. The van der Waals surface area contributed by atoms with E-state index < -0.39 is 23.4 Å². The first-order valence-electron chi connectivity index (χ1n) is 11.6.